The Bertz CT molecular complexity index is 500. The van der Waals surface area contributed by atoms with Gasteiger partial charge in [-0.05, 0) is 42.4 Å². The summed E-state index contributed by atoms with van der Waals surface area (Å²) >= 11 is 12.1. The lowest BCUT2D eigenvalue weighted by atomic mass is 10.00. The average Bonchev–Trinajstić information content (AvgIpc) is 2.34. The van der Waals surface area contributed by atoms with Crippen LogP contribution in [0.15, 0.2) is 42.7 Å². The first-order chi connectivity index (χ1) is 8.22. The van der Waals surface area contributed by atoms with Crippen LogP contribution in [0.25, 0.3) is 0 Å². The largest absolute Gasteiger partial charge is 0.309 e. The van der Waals surface area contributed by atoms with Crippen LogP contribution < -0.4 is 5.32 Å². The van der Waals surface area contributed by atoms with Crippen LogP contribution >= 0.6 is 23.2 Å². The lowest BCUT2D eigenvalue weighted by Crippen LogP contribution is -2.18. The molecular formula is C13H12Cl2N2. The third kappa shape index (κ3) is 2.78. The lowest BCUT2D eigenvalue weighted by Gasteiger charge is -2.18. The number of hydrogen-bond donors (Lipinski definition) is 1. The van der Waals surface area contributed by atoms with Crippen molar-refractivity contribution in [3.05, 3.63) is 63.9 Å². The zero-order valence-electron chi connectivity index (χ0n) is 9.32. The van der Waals surface area contributed by atoms with Gasteiger partial charge in [0.1, 0.15) is 0 Å². The van der Waals surface area contributed by atoms with Gasteiger partial charge in [0.25, 0.3) is 0 Å². The molecule has 0 aliphatic carbocycles. The summed E-state index contributed by atoms with van der Waals surface area (Å²) in [6.45, 7) is 0. The molecule has 2 rings (SSSR count). The van der Waals surface area contributed by atoms with Gasteiger partial charge in [-0.25, -0.2) is 0 Å². The fraction of sp³-hybridized carbons (Fsp3) is 0.154. The van der Waals surface area contributed by atoms with E-state index in [4.69, 9.17) is 23.2 Å². The van der Waals surface area contributed by atoms with Crippen LogP contribution in [0, 0.1) is 0 Å². The molecule has 0 radical (unpaired) electrons. The molecule has 2 nitrogen and oxygen atoms in total. The monoisotopic (exact) mass is 266 g/mol. The van der Waals surface area contributed by atoms with E-state index in [1.807, 2.05) is 31.3 Å². The minimum absolute atomic E-state index is 0.0442. The van der Waals surface area contributed by atoms with Gasteiger partial charge < -0.3 is 5.32 Å². The van der Waals surface area contributed by atoms with Gasteiger partial charge in [0.05, 0.1) is 6.04 Å². The Labute approximate surface area is 111 Å². The van der Waals surface area contributed by atoms with E-state index in [0.717, 1.165) is 11.1 Å². The minimum atomic E-state index is 0.0442. The van der Waals surface area contributed by atoms with Crippen LogP contribution in [-0.2, 0) is 0 Å². The molecule has 1 N–H and O–H groups in total. The molecule has 4 heteroatoms. The van der Waals surface area contributed by atoms with Crippen molar-refractivity contribution in [2.75, 3.05) is 7.05 Å². The molecule has 17 heavy (non-hydrogen) atoms. The molecule has 0 fully saturated rings. The number of pyridine rings is 1. The van der Waals surface area contributed by atoms with Gasteiger partial charge in [-0.15, -0.1) is 0 Å². The Kier molecular flexibility index (Phi) is 4.00. The highest BCUT2D eigenvalue weighted by Crippen LogP contribution is 2.29. The summed E-state index contributed by atoms with van der Waals surface area (Å²) in [5.74, 6) is 0. The Hall–Kier alpha value is -1.09. The predicted octanol–water partition coefficient (Wildman–Crippen LogP) is 3.70. The summed E-state index contributed by atoms with van der Waals surface area (Å²) in [5, 5.41) is 4.54. The van der Waals surface area contributed by atoms with Crippen LogP contribution in [0.4, 0.5) is 0 Å². The number of halogens is 2. The minimum Gasteiger partial charge on any atom is -0.309 e. The van der Waals surface area contributed by atoms with Crippen LogP contribution in [0.1, 0.15) is 17.2 Å². The molecule has 2 aromatic rings. The zero-order valence-corrected chi connectivity index (χ0v) is 10.8. The fourth-order valence-electron chi connectivity index (χ4n) is 1.79. The first-order valence-electron chi connectivity index (χ1n) is 5.24. The van der Waals surface area contributed by atoms with Gasteiger partial charge in [-0.2, -0.15) is 0 Å². The molecule has 0 bridgehead atoms. The van der Waals surface area contributed by atoms with E-state index in [1.54, 1.807) is 18.5 Å². The van der Waals surface area contributed by atoms with Crippen molar-refractivity contribution in [3.63, 3.8) is 0 Å². The molecule has 88 valence electrons. The summed E-state index contributed by atoms with van der Waals surface area (Å²) in [6.07, 6.45) is 3.53. The van der Waals surface area contributed by atoms with Crippen molar-refractivity contribution in [1.29, 1.82) is 0 Å². The number of rotatable bonds is 3. The maximum atomic E-state index is 6.21. The second-order valence-electron chi connectivity index (χ2n) is 3.67. The Morgan fingerprint density at radius 2 is 1.82 bits per heavy atom. The molecule has 0 spiro atoms. The summed E-state index contributed by atoms with van der Waals surface area (Å²) < 4.78 is 0. The maximum Gasteiger partial charge on any atom is 0.0590 e. The quantitative estimate of drug-likeness (QED) is 0.917. The third-order valence-electron chi connectivity index (χ3n) is 2.60. The van der Waals surface area contributed by atoms with Gasteiger partial charge in [0.15, 0.2) is 0 Å². The number of nitrogens with zero attached hydrogens (tertiary/aromatic N) is 1. The first kappa shape index (κ1) is 12.4. The molecule has 1 aromatic heterocycles. The number of nitrogens with one attached hydrogen (secondary N) is 1. The van der Waals surface area contributed by atoms with Crippen molar-refractivity contribution in [2.24, 2.45) is 0 Å². The van der Waals surface area contributed by atoms with E-state index in [9.17, 15) is 0 Å². The molecule has 1 aromatic carbocycles. The highest BCUT2D eigenvalue weighted by Gasteiger charge is 2.14. The molecule has 0 saturated heterocycles. The molecular weight excluding hydrogens is 255 g/mol. The molecule has 0 aliphatic heterocycles. The van der Waals surface area contributed by atoms with Gasteiger partial charge in [-0.1, -0.05) is 29.3 Å². The van der Waals surface area contributed by atoms with Crippen molar-refractivity contribution in [3.8, 4) is 0 Å². The normalized spacial score (nSPS) is 12.4. The first-order valence-corrected chi connectivity index (χ1v) is 6.00. The van der Waals surface area contributed by atoms with Crippen molar-refractivity contribution in [1.82, 2.24) is 10.3 Å². The topological polar surface area (TPSA) is 24.9 Å². The zero-order chi connectivity index (χ0) is 12.3. The van der Waals surface area contributed by atoms with E-state index >= 15 is 0 Å². The number of hydrogen-bond acceptors (Lipinski definition) is 2. The van der Waals surface area contributed by atoms with Gasteiger partial charge in [-0.3, -0.25) is 4.98 Å². The smallest absolute Gasteiger partial charge is 0.0590 e. The van der Waals surface area contributed by atoms with Crippen LogP contribution in [-0.4, -0.2) is 12.0 Å². The Morgan fingerprint density at radius 3 is 2.41 bits per heavy atom. The number of aromatic nitrogens is 1. The summed E-state index contributed by atoms with van der Waals surface area (Å²) in [6, 6.07) is 9.51. The molecule has 0 saturated carbocycles. The summed E-state index contributed by atoms with van der Waals surface area (Å²) in [7, 11) is 1.90. The molecule has 1 unspecified atom stereocenters. The van der Waals surface area contributed by atoms with Gasteiger partial charge in [0, 0.05) is 22.4 Å². The number of benzene rings is 1. The second-order valence-corrected chi connectivity index (χ2v) is 4.51. The van der Waals surface area contributed by atoms with E-state index in [2.05, 4.69) is 10.3 Å². The van der Waals surface area contributed by atoms with E-state index in [0.29, 0.717) is 10.0 Å². The molecule has 0 amide bonds. The van der Waals surface area contributed by atoms with Gasteiger partial charge in [0.2, 0.25) is 0 Å². The molecule has 1 atom stereocenters. The molecule has 0 aliphatic rings. The summed E-state index contributed by atoms with van der Waals surface area (Å²) in [4.78, 5) is 4.01. The van der Waals surface area contributed by atoms with E-state index in [1.165, 1.54) is 0 Å². The standard InChI is InChI=1S/C13H12Cl2N2/c1-16-13(9-4-6-17-7-5-9)11-3-2-10(14)8-12(11)15/h2-8,13,16H,1H3. The second kappa shape index (κ2) is 5.50. The third-order valence-corrected chi connectivity index (χ3v) is 3.16. The highest BCUT2D eigenvalue weighted by atomic mass is 35.5. The van der Waals surface area contributed by atoms with E-state index < -0.39 is 0 Å². The fourth-order valence-corrected chi connectivity index (χ4v) is 2.31. The average molecular weight is 267 g/mol. The Morgan fingerprint density at radius 1 is 1.12 bits per heavy atom. The Balaban J connectivity index is 2.42. The highest BCUT2D eigenvalue weighted by molar-refractivity contribution is 6.35. The predicted molar refractivity (Wildman–Crippen MR) is 71.6 cm³/mol. The van der Waals surface area contributed by atoms with Crippen LogP contribution in [0.2, 0.25) is 10.0 Å². The SMILES string of the molecule is CNC(c1ccncc1)c1ccc(Cl)cc1Cl. The molecule has 1 heterocycles. The van der Waals surface area contributed by atoms with Crippen molar-refractivity contribution >= 4 is 23.2 Å². The van der Waals surface area contributed by atoms with Crippen LogP contribution in [0.3, 0.4) is 0 Å². The lowest BCUT2D eigenvalue weighted by molar-refractivity contribution is 0.691. The summed E-state index contributed by atoms with van der Waals surface area (Å²) in [5.41, 5.74) is 2.12. The van der Waals surface area contributed by atoms with Gasteiger partial charge >= 0.3 is 0 Å². The van der Waals surface area contributed by atoms with Crippen molar-refractivity contribution < 1.29 is 0 Å². The maximum absolute atomic E-state index is 6.21. The van der Waals surface area contributed by atoms with E-state index in [-0.39, 0.29) is 6.04 Å². The van der Waals surface area contributed by atoms with Crippen LogP contribution in [0.5, 0.6) is 0 Å². The van der Waals surface area contributed by atoms with Crippen molar-refractivity contribution in [2.45, 2.75) is 6.04 Å².